The normalized spacial score (nSPS) is 10.2. The highest BCUT2D eigenvalue weighted by Crippen LogP contribution is 2.25. The van der Waals surface area contributed by atoms with E-state index in [0.717, 1.165) is 5.56 Å². The average molecular weight is 287 g/mol. The maximum Gasteiger partial charge on any atom is 0.292 e. The topological polar surface area (TPSA) is 105 Å². The Bertz CT molecular complexity index is 780. The summed E-state index contributed by atoms with van der Waals surface area (Å²) in [5, 5.41) is 13.4. The molecule has 0 bridgehead atoms. The van der Waals surface area contributed by atoms with Crippen LogP contribution in [0.15, 0.2) is 35.3 Å². The Morgan fingerprint density at radius 3 is 2.62 bits per heavy atom. The summed E-state index contributed by atoms with van der Waals surface area (Å²) in [7, 11) is 0. The van der Waals surface area contributed by atoms with Gasteiger partial charge in [0.25, 0.3) is 11.6 Å². The van der Waals surface area contributed by atoms with Crippen molar-refractivity contribution in [2.45, 2.75) is 13.8 Å². The summed E-state index contributed by atoms with van der Waals surface area (Å²) in [6.07, 6.45) is 1.29. The molecule has 2 aromatic rings. The monoisotopic (exact) mass is 287 g/mol. The van der Waals surface area contributed by atoms with E-state index in [4.69, 9.17) is 0 Å². The minimum Gasteiger partial charge on any atom is -0.364 e. The Labute approximate surface area is 119 Å². The third kappa shape index (κ3) is 3.14. The third-order valence-corrected chi connectivity index (χ3v) is 2.90. The number of aromatic nitrogens is 1. The van der Waals surface area contributed by atoms with Gasteiger partial charge in [-0.2, -0.15) is 0 Å². The maximum absolute atomic E-state index is 12.1. The van der Waals surface area contributed by atoms with E-state index >= 15 is 0 Å². The fourth-order valence-corrected chi connectivity index (χ4v) is 1.85. The molecule has 0 atom stereocenters. The van der Waals surface area contributed by atoms with E-state index in [2.05, 4.69) is 10.3 Å². The smallest absolute Gasteiger partial charge is 0.292 e. The van der Waals surface area contributed by atoms with Crippen molar-refractivity contribution in [1.29, 1.82) is 0 Å². The van der Waals surface area contributed by atoms with Crippen LogP contribution in [0.1, 0.15) is 21.6 Å². The lowest BCUT2D eigenvalue weighted by Gasteiger charge is -2.07. The molecule has 0 aliphatic heterocycles. The molecule has 1 aromatic carbocycles. The zero-order valence-electron chi connectivity index (χ0n) is 11.5. The molecule has 0 spiro atoms. The molecule has 0 fully saturated rings. The zero-order valence-corrected chi connectivity index (χ0v) is 11.5. The molecule has 108 valence electrons. The number of hydrogen-bond donors (Lipinski definition) is 2. The molecule has 0 aliphatic carbocycles. The molecule has 0 saturated heterocycles. The Balaban J connectivity index is 2.38. The highest BCUT2D eigenvalue weighted by atomic mass is 16.6. The summed E-state index contributed by atoms with van der Waals surface area (Å²) in [6, 6.07) is 5.66. The molecule has 0 aliphatic rings. The van der Waals surface area contributed by atoms with Gasteiger partial charge in [0, 0.05) is 24.0 Å². The van der Waals surface area contributed by atoms with E-state index < -0.39 is 16.3 Å². The molecule has 2 N–H and O–H groups in total. The Kier molecular flexibility index (Phi) is 3.84. The summed E-state index contributed by atoms with van der Waals surface area (Å²) in [6.45, 7) is 3.44. The van der Waals surface area contributed by atoms with E-state index in [9.17, 15) is 19.7 Å². The van der Waals surface area contributed by atoms with Crippen molar-refractivity contribution < 1.29 is 9.72 Å². The number of nitro benzene ring substituents is 1. The van der Waals surface area contributed by atoms with Gasteiger partial charge < -0.3 is 10.3 Å². The lowest BCUT2D eigenvalue weighted by molar-refractivity contribution is -0.383. The van der Waals surface area contributed by atoms with E-state index in [1.807, 2.05) is 0 Å². The number of carbonyl (C=O) groups excluding carboxylic acids is 1. The SMILES string of the molecule is Cc1ccc([N+](=O)[O-])c(NC(=O)c2c[nH]c(C)cc2=O)c1. The number of benzene rings is 1. The van der Waals surface area contributed by atoms with Gasteiger partial charge in [0.1, 0.15) is 11.3 Å². The van der Waals surface area contributed by atoms with Crippen LogP contribution < -0.4 is 10.7 Å². The van der Waals surface area contributed by atoms with Crippen LogP contribution in [0, 0.1) is 24.0 Å². The van der Waals surface area contributed by atoms with Crippen LogP contribution in [0.4, 0.5) is 11.4 Å². The second-order valence-corrected chi connectivity index (χ2v) is 4.63. The molecule has 1 amide bonds. The number of nitrogens with zero attached hydrogens (tertiary/aromatic N) is 1. The van der Waals surface area contributed by atoms with Gasteiger partial charge >= 0.3 is 0 Å². The number of carbonyl (C=O) groups is 1. The second kappa shape index (κ2) is 5.58. The number of nitrogens with one attached hydrogen (secondary N) is 2. The quantitative estimate of drug-likeness (QED) is 0.666. The lowest BCUT2D eigenvalue weighted by Crippen LogP contribution is -2.22. The van der Waals surface area contributed by atoms with Gasteiger partial charge in [-0.3, -0.25) is 19.7 Å². The van der Waals surface area contributed by atoms with Crippen molar-refractivity contribution in [3.05, 3.63) is 67.6 Å². The van der Waals surface area contributed by atoms with Crippen molar-refractivity contribution in [2.75, 3.05) is 5.32 Å². The van der Waals surface area contributed by atoms with Crippen LogP contribution in [0.5, 0.6) is 0 Å². The number of hydrogen-bond acceptors (Lipinski definition) is 4. The minimum atomic E-state index is -0.690. The minimum absolute atomic E-state index is 0.0602. The molecule has 1 heterocycles. The molecular weight excluding hydrogens is 274 g/mol. The average Bonchev–Trinajstić information content (AvgIpc) is 2.37. The largest absolute Gasteiger partial charge is 0.364 e. The maximum atomic E-state index is 12.1. The van der Waals surface area contributed by atoms with Crippen molar-refractivity contribution in [3.8, 4) is 0 Å². The molecule has 2 rings (SSSR count). The van der Waals surface area contributed by atoms with E-state index in [0.29, 0.717) is 5.69 Å². The molecular formula is C14H13N3O4. The van der Waals surface area contributed by atoms with Crippen molar-refractivity contribution in [1.82, 2.24) is 4.98 Å². The number of H-pyrrole nitrogens is 1. The lowest BCUT2D eigenvalue weighted by atomic mass is 10.1. The van der Waals surface area contributed by atoms with Gasteiger partial charge in [-0.05, 0) is 25.5 Å². The van der Waals surface area contributed by atoms with Crippen LogP contribution in [0.25, 0.3) is 0 Å². The fourth-order valence-electron chi connectivity index (χ4n) is 1.85. The predicted molar refractivity (Wildman–Crippen MR) is 77.6 cm³/mol. The summed E-state index contributed by atoms with van der Waals surface area (Å²) >= 11 is 0. The standard InChI is InChI=1S/C14H13N3O4/c1-8-3-4-12(17(20)21)11(5-8)16-14(19)10-7-15-9(2)6-13(10)18/h3-7H,1-2H3,(H,15,18)(H,16,19). The van der Waals surface area contributed by atoms with Gasteiger partial charge in [-0.25, -0.2) is 0 Å². The van der Waals surface area contributed by atoms with Crippen LogP contribution in [-0.2, 0) is 0 Å². The van der Waals surface area contributed by atoms with Crippen LogP contribution in [0.3, 0.4) is 0 Å². The molecule has 0 unspecified atom stereocenters. The molecule has 21 heavy (non-hydrogen) atoms. The van der Waals surface area contributed by atoms with Crippen molar-refractivity contribution in [3.63, 3.8) is 0 Å². The highest BCUT2D eigenvalue weighted by molar-refractivity contribution is 6.05. The fraction of sp³-hybridized carbons (Fsp3) is 0.143. The van der Waals surface area contributed by atoms with Crippen LogP contribution >= 0.6 is 0 Å². The highest BCUT2D eigenvalue weighted by Gasteiger charge is 2.18. The first-order valence-corrected chi connectivity index (χ1v) is 6.14. The van der Waals surface area contributed by atoms with Gasteiger partial charge in [-0.15, -0.1) is 0 Å². The van der Waals surface area contributed by atoms with Gasteiger partial charge in [0.2, 0.25) is 0 Å². The van der Waals surface area contributed by atoms with Gasteiger partial charge in [0.05, 0.1) is 4.92 Å². The van der Waals surface area contributed by atoms with Crippen LogP contribution in [-0.4, -0.2) is 15.8 Å². The molecule has 7 nitrogen and oxygen atoms in total. The van der Waals surface area contributed by atoms with Gasteiger partial charge in [0.15, 0.2) is 5.43 Å². The van der Waals surface area contributed by atoms with E-state index in [1.165, 1.54) is 24.4 Å². The number of pyridine rings is 1. The number of anilines is 1. The number of nitro groups is 1. The number of rotatable bonds is 3. The summed E-state index contributed by atoms with van der Waals surface area (Å²) < 4.78 is 0. The Morgan fingerprint density at radius 2 is 2.00 bits per heavy atom. The first-order chi connectivity index (χ1) is 9.88. The first-order valence-electron chi connectivity index (χ1n) is 6.14. The summed E-state index contributed by atoms with van der Waals surface area (Å²) in [5.41, 5.74) is 0.671. The Morgan fingerprint density at radius 1 is 1.29 bits per heavy atom. The summed E-state index contributed by atoms with van der Waals surface area (Å²) in [4.78, 5) is 36.9. The predicted octanol–water partition coefficient (Wildman–Crippen LogP) is 2.15. The number of aromatic amines is 1. The third-order valence-electron chi connectivity index (χ3n) is 2.90. The molecule has 1 aromatic heterocycles. The zero-order chi connectivity index (χ0) is 15.6. The van der Waals surface area contributed by atoms with Crippen molar-refractivity contribution in [2.24, 2.45) is 0 Å². The number of aryl methyl sites for hydroxylation is 2. The molecule has 0 radical (unpaired) electrons. The van der Waals surface area contributed by atoms with E-state index in [1.54, 1.807) is 19.9 Å². The van der Waals surface area contributed by atoms with E-state index in [-0.39, 0.29) is 16.9 Å². The first kappa shape index (κ1) is 14.4. The summed E-state index contributed by atoms with van der Waals surface area (Å²) in [5.74, 6) is -0.690. The van der Waals surface area contributed by atoms with Crippen LogP contribution in [0.2, 0.25) is 0 Å². The molecule has 0 saturated carbocycles. The Hall–Kier alpha value is -2.96. The van der Waals surface area contributed by atoms with Crippen molar-refractivity contribution >= 4 is 17.3 Å². The van der Waals surface area contributed by atoms with Gasteiger partial charge in [-0.1, -0.05) is 6.07 Å². The number of amides is 1. The second-order valence-electron chi connectivity index (χ2n) is 4.63. The molecule has 7 heteroatoms.